The lowest BCUT2D eigenvalue weighted by molar-refractivity contribution is -0.689. The van der Waals surface area contributed by atoms with E-state index in [9.17, 15) is 47.4 Å². The van der Waals surface area contributed by atoms with Gasteiger partial charge in [-0.05, 0) is 20.3 Å². The number of aliphatic carboxylic acids is 3. The van der Waals surface area contributed by atoms with E-state index in [4.69, 9.17) is 20.5 Å². The van der Waals surface area contributed by atoms with Crippen molar-refractivity contribution in [2.24, 2.45) is 5.16 Å². The minimum Gasteiger partial charge on any atom is -0.543 e. The highest BCUT2D eigenvalue weighted by Crippen LogP contribution is 2.40. The minimum atomic E-state index is -5.08. The number of hydrogen-bond donors (Lipinski definition) is 5. The molecule has 6 N–H and O–H groups in total. The lowest BCUT2D eigenvalue weighted by atomic mass is 10.0. The maximum absolute atomic E-state index is 13.3. The Bertz CT molecular complexity index is 1850. The molecule has 2 atom stereocenters. The molecule has 0 bridgehead atoms. The molecule has 312 valence electrons. The lowest BCUT2D eigenvalue weighted by Crippen LogP contribution is -2.71. The van der Waals surface area contributed by atoms with Crippen LogP contribution in [0, 0.1) is 0 Å². The van der Waals surface area contributed by atoms with Gasteiger partial charge in [0.1, 0.15) is 17.1 Å². The van der Waals surface area contributed by atoms with Gasteiger partial charge in [-0.15, -0.1) is 23.1 Å². The smallest absolute Gasteiger partial charge is 0.490 e. The molecule has 0 aliphatic carbocycles. The predicted molar refractivity (Wildman–Crippen MR) is 198 cm³/mol. The number of alkyl halides is 3. The van der Waals surface area contributed by atoms with Crippen LogP contribution in [0.4, 0.5) is 18.3 Å². The molecule has 0 radical (unpaired) electrons. The van der Waals surface area contributed by atoms with Gasteiger partial charge in [-0.3, -0.25) is 19.3 Å². The van der Waals surface area contributed by atoms with Crippen LogP contribution in [0.15, 0.2) is 46.3 Å². The Hall–Kier alpha value is -5.25. The number of aromatic nitrogens is 2. The number of nitrogen functional groups attached to an aromatic ring is 1. The van der Waals surface area contributed by atoms with Crippen molar-refractivity contribution in [2.45, 2.75) is 102 Å². The Morgan fingerprint density at radius 1 is 1.05 bits per heavy atom. The first kappa shape index (κ1) is 46.1. The normalized spacial score (nSPS) is 16.8. The van der Waals surface area contributed by atoms with Gasteiger partial charge in [-0.2, -0.15) is 13.2 Å². The second-order valence-corrected chi connectivity index (χ2v) is 15.3. The molecule has 0 unspecified atom stereocenters. The third kappa shape index (κ3) is 13.2. The van der Waals surface area contributed by atoms with E-state index in [-0.39, 0.29) is 34.7 Å². The number of thiazole rings is 1. The van der Waals surface area contributed by atoms with E-state index in [0.29, 0.717) is 17.7 Å². The van der Waals surface area contributed by atoms with Gasteiger partial charge < -0.3 is 41.3 Å². The molecule has 0 aromatic carbocycles. The van der Waals surface area contributed by atoms with Crippen LogP contribution in [-0.4, -0.2) is 96.9 Å². The summed E-state index contributed by atoms with van der Waals surface area (Å²) in [6.07, 6.45) is 7.67. The van der Waals surface area contributed by atoms with Crippen LogP contribution in [0.1, 0.15) is 88.2 Å². The van der Waals surface area contributed by atoms with Gasteiger partial charge in [-0.1, -0.05) is 57.0 Å². The van der Waals surface area contributed by atoms with Crippen molar-refractivity contribution in [1.82, 2.24) is 20.5 Å². The molecule has 1 saturated heterocycles. The van der Waals surface area contributed by atoms with Gasteiger partial charge >= 0.3 is 18.1 Å². The zero-order chi connectivity index (χ0) is 42.5. The highest BCUT2D eigenvalue weighted by atomic mass is 32.2. The summed E-state index contributed by atoms with van der Waals surface area (Å²) in [5.41, 5.74) is 4.15. The standard InChI is InChI=1S/C33H43N7O8S2.C2HF3O2/c1-4-5-6-7-8-9-10-11-14-35-26(41)20-12-15-39(16-13-20)17-21-18-49-29-24(28(43)40(29)25(21)30(44)45)37-27(42)23(22-19-50-32(34)36-22)38-48-33(2,3)31(46)47;3-2(4,5)1(6)7/h12-13,15-16,19,24,29H,4-11,14,17-18H2,1-3H3,(H5-,34,35,36,37,41,42,44,45,46,47);(H,6,7)/b38-23-;/t24-,29-;/m1./s1. The number of pyridine rings is 1. The fourth-order valence-corrected chi connectivity index (χ4v) is 7.18. The predicted octanol–water partition coefficient (Wildman–Crippen LogP) is 2.20. The average Bonchev–Trinajstić information content (AvgIpc) is 3.58. The molecule has 17 nitrogen and oxygen atoms in total. The number of unbranched alkanes of at least 4 members (excludes halogenated alkanes) is 7. The van der Waals surface area contributed by atoms with E-state index in [2.05, 4.69) is 27.7 Å². The summed E-state index contributed by atoms with van der Waals surface area (Å²) in [5.74, 6) is -7.16. The van der Waals surface area contributed by atoms with Crippen LogP contribution in [0.5, 0.6) is 0 Å². The largest absolute Gasteiger partial charge is 0.543 e. The number of nitrogens with two attached hydrogens (primary N) is 1. The molecule has 3 amide bonds. The summed E-state index contributed by atoms with van der Waals surface area (Å²) >= 11 is 2.27. The number of rotatable bonds is 19. The van der Waals surface area contributed by atoms with Crippen LogP contribution in [0.2, 0.25) is 0 Å². The molecule has 1 fully saturated rings. The van der Waals surface area contributed by atoms with E-state index < -0.39 is 58.6 Å². The second-order valence-electron chi connectivity index (χ2n) is 13.3. The molecular formula is C35H44F3N7O10S2. The van der Waals surface area contributed by atoms with Gasteiger partial charge in [0.2, 0.25) is 5.60 Å². The summed E-state index contributed by atoms with van der Waals surface area (Å²) in [4.78, 5) is 82.1. The number of nitrogens with zero attached hydrogens (tertiary/aromatic N) is 4. The zero-order valence-electron chi connectivity index (χ0n) is 31.3. The third-order valence-corrected chi connectivity index (χ3v) is 10.5. The molecule has 4 heterocycles. The van der Waals surface area contributed by atoms with Gasteiger partial charge in [-0.25, -0.2) is 19.1 Å². The number of β-lactam (4-membered cyclic amide) rings is 1. The molecule has 57 heavy (non-hydrogen) atoms. The van der Waals surface area contributed by atoms with E-state index in [1.165, 1.54) is 63.1 Å². The first-order chi connectivity index (χ1) is 26.8. The van der Waals surface area contributed by atoms with Crippen LogP contribution in [-0.2, 0) is 35.4 Å². The molecule has 0 saturated carbocycles. The van der Waals surface area contributed by atoms with E-state index in [0.717, 1.165) is 35.5 Å². The number of halogens is 3. The number of carboxylic acids is 3. The van der Waals surface area contributed by atoms with Crippen molar-refractivity contribution < 1.29 is 66.7 Å². The van der Waals surface area contributed by atoms with Gasteiger partial charge in [0.05, 0.1) is 17.2 Å². The minimum absolute atomic E-state index is 0.00717. The monoisotopic (exact) mass is 843 g/mol. The van der Waals surface area contributed by atoms with Gasteiger partial charge in [0, 0.05) is 35.4 Å². The summed E-state index contributed by atoms with van der Waals surface area (Å²) in [5, 5.41) is 38.8. The fourth-order valence-electron chi connectivity index (χ4n) is 5.30. The summed E-state index contributed by atoms with van der Waals surface area (Å²) in [6, 6.07) is 2.18. The molecule has 2 aromatic heterocycles. The number of hydrogen-bond acceptors (Lipinski definition) is 13. The average molecular weight is 844 g/mol. The Balaban J connectivity index is 0.00000113. The lowest BCUT2D eigenvalue weighted by Gasteiger charge is -2.50. The summed E-state index contributed by atoms with van der Waals surface area (Å²) < 4.78 is 33.4. The Morgan fingerprint density at radius 3 is 2.18 bits per heavy atom. The molecule has 2 aliphatic rings. The molecule has 0 spiro atoms. The highest BCUT2D eigenvalue weighted by Gasteiger charge is 2.53. The molecular weight excluding hydrogens is 800 g/mol. The number of amides is 3. The van der Waals surface area contributed by atoms with E-state index in [1.54, 1.807) is 29.1 Å². The van der Waals surface area contributed by atoms with Crippen molar-refractivity contribution in [2.75, 3.05) is 18.0 Å². The van der Waals surface area contributed by atoms with Crippen LogP contribution in [0.3, 0.4) is 0 Å². The zero-order valence-corrected chi connectivity index (χ0v) is 32.9. The second kappa shape index (κ2) is 20.8. The first-order valence-corrected chi connectivity index (χ1v) is 19.7. The summed E-state index contributed by atoms with van der Waals surface area (Å²) in [6.45, 7) is 5.40. The quantitative estimate of drug-likeness (QED) is 0.0448. The highest BCUT2D eigenvalue weighted by molar-refractivity contribution is 8.00. The Kier molecular flexibility index (Phi) is 16.8. The van der Waals surface area contributed by atoms with Crippen LogP contribution < -0.4 is 26.0 Å². The number of thioether (sulfide) groups is 1. The number of nitrogens with one attached hydrogen (secondary N) is 2. The molecule has 4 rings (SSSR count). The molecule has 2 aliphatic heterocycles. The first-order valence-electron chi connectivity index (χ1n) is 17.8. The number of carboxylic acid groups (broad SMARTS) is 3. The topological polar surface area (TPSA) is 258 Å². The van der Waals surface area contributed by atoms with Gasteiger partial charge in [0.15, 0.2) is 29.8 Å². The van der Waals surface area contributed by atoms with Crippen LogP contribution >= 0.6 is 23.1 Å². The Morgan fingerprint density at radius 2 is 1.65 bits per heavy atom. The van der Waals surface area contributed by atoms with Crippen molar-refractivity contribution in [3.05, 3.63) is 52.4 Å². The number of oxime groups is 1. The number of carbonyl (C=O) groups is 6. The van der Waals surface area contributed by atoms with Crippen molar-refractivity contribution >= 4 is 69.6 Å². The van der Waals surface area contributed by atoms with E-state index >= 15 is 0 Å². The van der Waals surface area contributed by atoms with Gasteiger partial charge in [0.25, 0.3) is 17.7 Å². The maximum atomic E-state index is 13.3. The molecule has 2 aromatic rings. The summed E-state index contributed by atoms with van der Waals surface area (Å²) in [7, 11) is 0. The van der Waals surface area contributed by atoms with Crippen molar-refractivity contribution in [1.29, 1.82) is 0 Å². The number of carbonyl (C=O) groups excluding carboxylic acids is 4. The van der Waals surface area contributed by atoms with Crippen molar-refractivity contribution in [3.8, 4) is 0 Å². The van der Waals surface area contributed by atoms with Crippen LogP contribution in [0.25, 0.3) is 0 Å². The number of anilines is 1. The number of fused-ring (bicyclic) bond motifs is 1. The maximum Gasteiger partial charge on any atom is 0.490 e. The fraction of sp³-hybridized carbons (Fsp3) is 0.514. The van der Waals surface area contributed by atoms with E-state index in [1.807, 2.05) is 0 Å². The van der Waals surface area contributed by atoms with Crippen molar-refractivity contribution in [3.63, 3.8) is 0 Å². The Labute approximate surface area is 333 Å². The SMILES string of the molecule is CCCCCCCCCCNC(=O)c1cc[n+](CC2=C(C(=O)[O-])N3C(=O)[C@@H](NC(=O)/C(=N\OC(C)(C)C(=O)O)c4csc(N)n4)[C@H]3SC2)cc1.O=C(O)C(F)(F)F. The third-order valence-electron chi connectivity index (χ3n) is 8.47. The molecule has 22 heteroatoms.